The average molecular weight is 397 g/mol. The molecule has 1 N–H and O–H groups in total. The van der Waals surface area contributed by atoms with Crippen LogP contribution in [0.2, 0.25) is 5.02 Å². The minimum absolute atomic E-state index is 0.221. The first-order chi connectivity index (χ1) is 13.1. The summed E-state index contributed by atoms with van der Waals surface area (Å²) in [5, 5.41) is 11.7. The third kappa shape index (κ3) is 3.74. The van der Waals surface area contributed by atoms with Crippen molar-refractivity contribution >= 4 is 44.7 Å². The number of hydrogen-bond donors (Lipinski definition) is 1. The number of anilines is 1. The van der Waals surface area contributed by atoms with Crippen LogP contribution in [0.25, 0.3) is 20.7 Å². The molecule has 4 rings (SSSR count). The van der Waals surface area contributed by atoms with Crippen LogP contribution in [0, 0.1) is 0 Å². The van der Waals surface area contributed by atoms with Gasteiger partial charge in [0.25, 0.3) is 5.56 Å². The van der Waals surface area contributed by atoms with Gasteiger partial charge in [-0.05, 0) is 35.9 Å². The Balaban J connectivity index is 1.59. The number of rotatable bonds is 4. The molecule has 0 radical (unpaired) electrons. The van der Waals surface area contributed by atoms with Crippen LogP contribution < -0.4 is 10.9 Å². The van der Waals surface area contributed by atoms with Gasteiger partial charge in [0, 0.05) is 15.6 Å². The van der Waals surface area contributed by atoms with E-state index in [9.17, 15) is 9.59 Å². The fourth-order valence-corrected chi connectivity index (χ4v) is 3.70. The van der Waals surface area contributed by atoms with Gasteiger partial charge in [0.05, 0.1) is 5.39 Å². The summed E-state index contributed by atoms with van der Waals surface area (Å²) >= 11 is 7.22. The molecule has 2 aromatic carbocycles. The van der Waals surface area contributed by atoms with Crippen molar-refractivity contribution in [2.75, 3.05) is 5.32 Å². The first kappa shape index (κ1) is 17.4. The third-order valence-corrected chi connectivity index (χ3v) is 5.22. The summed E-state index contributed by atoms with van der Waals surface area (Å²) in [7, 11) is 0. The Morgan fingerprint density at radius 2 is 1.85 bits per heavy atom. The lowest BCUT2D eigenvalue weighted by Crippen LogP contribution is -2.30. The van der Waals surface area contributed by atoms with E-state index in [2.05, 4.69) is 15.6 Å². The topological polar surface area (TPSA) is 76.9 Å². The standard InChI is InChI=1S/C19H13ClN4O2S/c20-13-6-8-14(9-7-13)21-17(25)11-24-19(26)15-10-16(27-18(15)22-23-24)12-4-2-1-3-5-12/h1-10H,11H2,(H,21,25). The molecule has 8 heteroatoms. The van der Waals surface area contributed by atoms with Crippen LogP contribution in [-0.4, -0.2) is 20.9 Å². The predicted octanol–water partition coefficient (Wildman–Crippen LogP) is 3.81. The van der Waals surface area contributed by atoms with Gasteiger partial charge < -0.3 is 5.32 Å². The van der Waals surface area contributed by atoms with E-state index < -0.39 is 0 Å². The molecule has 0 saturated heterocycles. The predicted molar refractivity (Wildman–Crippen MR) is 107 cm³/mol. The minimum atomic E-state index is -0.369. The number of nitrogens with zero attached hydrogens (tertiary/aromatic N) is 3. The zero-order chi connectivity index (χ0) is 18.8. The van der Waals surface area contributed by atoms with Crippen molar-refractivity contribution in [2.24, 2.45) is 0 Å². The second-order valence-corrected chi connectivity index (χ2v) is 7.27. The molecule has 27 heavy (non-hydrogen) atoms. The number of thiophene rings is 1. The lowest BCUT2D eigenvalue weighted by molar-refractivity contribution is -0.117. The summed E-state index contributed by atoms with van der Waals surface area (Å²) in [4.78, 5) is 26.4. The minimum Gasteiger partial charge on any atom is -0.324 e. The molecule has 0 aliphatic carbocycles. The SMILES string of the molecule is O=C(Cn1nnc2sc(-c3ccccc3)cc2c1=O)Nc1ccc(Cl)cc1. The van der Waals surface area contributed by atoms with Gasteiger partial charge in [-0.15, -0.1) is 16.4 Å². The number of halogens is 1. The van der Waals surface area contributed by atoms with Crippen molar-refractivity contribution in [3.8, 4) is 10.4 Å². The highest BCUT2D eigenvalue weighted by Crippen LogP contribution is 2.30. The highest BCUT2D eigenvalue weighted by Gasteiger charge is 2.13. The van der Waals surface area contributed by atoms with Crippen molar-refractivity contribution in [1.82, 2.24) is 15.0 Å². The van der Waals surface area contributed by atoms with Crippen molar-refractivity contribution < 1.29 is 4.79 Å². The zero-order valence-electron chi connectivity index (χ0n) is 13.9. The van der Waals surface area contributed by atoms with E-state index in [1.807, 2.05) is 30.3 Å². The summed E-state index contributed by atoms with van der Waals surface area (Å²) in [6.45, 7) is -0.221. The summed E-state index contributed by atoms with van der Waals surface area (Å²) < 4.78 is 1.06. The molecule has 0 unspecified atom stereocenters. The first-order valence-corrected chi connectivity index (χ1v) is 9.28. The van der Waals surface area contributed by atoms with Crippen LogP contribution in [0.4, 0.5) is 5.69 Å². The van der Waals surface area contributed by atoms with Gasteiger partial charge in [-0.1, -0.05) is 47.1 Å². The van der Waals surface area contributed by atoms with Gasteiger partial charge in [-0.2, -0.15) is 0 Å². The Bertz CT molecular complexity index is 1170. The molecule has 0 fully saturated rings. The van der Waals surface area contributed by atoms with E-state index in [0.29, 0.717) is 20.9 Å². The number of carbonyl (C=O) groups is 1. The molecule has 6 nitrogen and oxygen atoms in total. The maximum absolute atomic E-state index is 12.7. The Morgan fingerprint density at radius 3 is 2.59 bits per heavy atom. The van der Waals surface area contributed by atoms with E-state index in [0.717, 1.165) is 15.1 Å². The number of amides is 1. The Kier molecular flexibility index (Phi) is 4.70. The second kappa shape index (κ2) is 7.30. The fraction of sp³-hybridized carbons (Fsp3) is 0.0526. The summed E-state index contributed by atoms with van der Waals surface area (Å²) in [6.07, 6.45) is 0. The van der Waals surface area contributed by atoms with Gasteiger partial charge in [-0.3, -0.25) is 9.59 Å². The molecule has 134 valence electrons. The normalized spacial score (nSPS) is 10.9. The highest BCUT2D eigenvalue weighted by molar-refractivity contribution is 7.21. The van der Waals surface area contributed by atoms with Gasteiger partial charge in [-0.25, -0.2) is 4.68 Å². The third-order valence-electron chi connectivity index (χ3n) is 3.90. The maximum Gasteiger partial charge on any atom is 0.279 e. The van der Waals surface area contributed by atoms with E-state index in [-0.39, 0.29) is 18.0 Å². The van der Waals surface area contributed by atoms with Crippen LogP contribution in [0.3, 0.4) is 0 Å². The van der Waals surface area contributed by atoms with Crippen LogP contribution in [-0.2, 0) is 11.3 Å². The number of fused-ring (bicyclic) bond motifs is 1. The molecule has 0 saturated carbocycles. The lowest BCUT2D eigenvalue weighted by atomic mass is 10.2. The van der Waals surface area contributed by atoms with E-state index in [4.69, 9.17) is 11.6 Å². The Morgan fingerprint density at radius 1 is 1.11 bits per heavy atom. The maximum atomic E-state index is 12.7. The van der Waals surface area contributed by atoms with Crippen LogP contribution in [0.15, 0.2) is 65.5 Å². The number of carbonyl (C=O) groups excluding carboxylic acids is 1. The van der Waals surface area contributed by atoms with Crippen molar-refractivity contribution in [3.05, 3.63) is 76.0 Å². The molecular formula is C19H13ClN4O2S. The number of benzene rings is 2. The smallest absolute Gasteiger partial charge is 0.279 e. The molecular weight excluding hydrogens is 384 g/mol. The van der Waals surface area contributed by atoms with Gasteiger partial charge in [0.1, 0.15) is 6.54 Å². The number of nitrogens with one attached hydrogen (secondary N) is 1. The van der Waals surface area contributed by atoms with Crippen molar-refractivity contribution in [1.29, 1.82) is 0 Å². The molecule has 1 amide bonds. The fourth-order valence-electron chi connectivity index (χ4n) is 2.60. The summed E-state index contributed by atoms with van der Waals surface area (Å²) in [6, 6.07) is 18.2. The van der Waals surface area contributed by atoms with Crippen LogP contribution in [0.1, 0.15) is 0 Å². The average Bonchev–Trinajstić information content (AvgIpc) is 3.12. The molecule has 0 bridgehead atoms. The monoisotopic (exact) mass is 396 g/mol. The quantitative estimate of drug-likeness (QED) is 0.569. The van der Waals surface area contributed by atoms with Gasteiger partial charge in [0.2, 0.25) is 5.91 Å². The van der Waals surface area contributed by atoms with Crippen molar-refractivity contribution in [3.63, 3.8) is 0 Å². The van der Waals surface area contributed by atoms with Gasteiger partial charge >= 0.3 is 0 Å². The summed E-state index contributed by atoms with van der Waals surface area (Å²) in [5.41, 5.74) is 1.25. The largest absolute Gasteiger partial charge is 0.324 e. The van der Waals surface area contributed by atoms with E-state index in [1.165, 1.54) is 11.3 Å². The highest BCUT2D eigenvalue weighted by atomic mass is 35.5. The zero-order valence-corrected chi connectivity index (χ0v) is 15.5. The van der Waals surface area contributed by atoms with Crippen LogP contribution in [0.5, 0.6) is 0 Å². The second-order valence-electron chi connectivity index (χ2n) is 5.80. The van der Waals surface area contributed by atoms with Crippen LogP contribution >= 0.6 is 22.9 Å². The lowest BCUT2D eigenvalue weighted by Gasteiger charge is -2.06. The van der Waals surface area contributed by atoms with E-state index >= 15 is 0 Å². The van der Waals surface area contributed by atoms with E-state index in [1.54, 1.807) is 30.3 Å². The van der Waals surface area contributed by atoms with Crippen molar-refractivity contribution in [2.45, 2.75) is 6.54 Å². The Hall–Kier alpha value is -3.03. The first-order valence-electron chi connectivity index (χ1n) is 8.08. The molecule has 2 aromatic heterocycles. The molecule has 0 atom stereocenters. The number of aromatic nitrogens is 3. The molecule has 0 spiro atoms. The molecule has 4 aromatic rings. The van der Waals surface area contributed by atoms with Gasteiger partial charge in [0.15, 0.2) is 4.83 Å². The molecule has 2 heterocycles. The Labute approximate surface area is 163 Å². The molecule has 0 aliphatic rings. The number of hydrogen-bond acceptors (Lipinski definition) is 5. The molecule has 0 aliphatic heterocycles. The summed E-state index contributed by atoms with van der Waals surface area (Å²) in [5.74, 6) is -0.369.